The minimum atomic E-state index is -3.05. The first-order valence-electron chi connectivity index (χ1n) is 9.57. The van der Waals surface area contributed by atoms with Gasteiger partial charge in [0.1, 0.15) is 17.3 Å². The summed E-state index contributed by atoms with van der Waals surface area (Å²) >= 11 is 0. The zero-order valence-corrected chi connectivity index (χ0v) is 16.4. The first kappa shape index (κ1) is 20.8. The fourth-order valence-corrected chi connectivity index (χ4v) is 3.29. The molecule has 0 heterocycles. The Hall–Kier alpha value is -2.95. The van der Waals surface area contributed by atoms with Crippen molar-refractivity contribution in [3.8, 4) is 22.6 Å². The van der Waals surface area contributed by atoms with Crippen LogP contribution >= 0.6 is 0 Å². The Balaban J connectivity index is 2.07. The maximum atomic E-state index is 15.4. The van der Waals surface area contributed by atoms with E-state index in [0.717, 1.165) is 18.4 Å². The third kappa shape index (κ3) is 4.91. The summed E-state index contributed by atoms with van der Waals surface area (Å²) < 4.78 is 51.5. The van der Waals surface area contributed by atoms with E-state index in [-0.39, 0.29) is 11.3 Å². The quantitative estimate of drug-likeness (QED) is 0.374. The van der Waals surface area contributed by atoms with Gasteiger partial charge in [-0.3, -0.25) is 0 Å². The number of aryl methyl sites for hydroxylation is 1. The summed E-state index contributed by atoms with van der Waals surface area (Å²) in [5.41, 5.74) is 1.61. The van der Waals surface area contributed by atoms with Crippen LogP contribution in [0.25, 0.3) is 21.9 Å². The summed E-state index contributed by atoms with van der Waals surface area (Å²) in [6.07, 6.45) is 5.82. The number of halogens is 3. The van der Waals surface area contributed by atoms with Gasteiger partial charge in [0.25, 0.3) is 0 Å². The van der Waals surface area contributed by atoms with E-state index in [0.29, 0.717) is 28.7 Å². The van der Waals surface area contributed by atoms with E-state index in [9.17, 15) is 8.78 Å². The van der Waals surface area contributed by atoms with Gasteiger partial charge in [-0.05, 0) is 67.5 Å². The summed E-state index contributed by atoms with van der Waals surface area (Å²) in [7, 11) is 0. The Morgan fingerprint density at radius 2 is 1.79 bits per heavy atom. The minimum absolute atomic E-state index is 0.0296. The van der Waals surface area contributed by atoms with Gasteiger partial charge in [-0.2, -0.15) is 8.78 Å². The van der Waals surface area contributed by atoms with Crippen molar-refractivity contribution in [3.05, 3.63) is 72.1 Å². The highest BCUT2D eigenvalue weighted by Crippen LogP contribution is 2.39. The molecule has 29 heavy (non-hydrogen) atoms. The molecule has 0 bridgehead atoms. The van der Waals surface area contributed by atoms with Crippen LogP contribution in [0.1, 0.15) is 25.8 Å². The van der Waals surface area contributed by atoms with Gasteiger partial charge in [-0.15, -0.1) is 0 Å². The maximum Gasteiger partial charge on any atom is 0.387 e. The van der Waals surface area contributed by atoms with Crippen LogP contribution in [0.4, 0.5) is 13.2 Å². The molecule has 3 aromatic carbocycles. The second-order valence-corrected chi connectivity index (χ2v) is 6.56. The molecule has 5 heteroatoms. The van der Waals surface area contributed by atoms with E-state index in [4.69, 9.17) is 4.74 Å². The van der Waals surface area contributed by atoms with Crippen molar-refractivity contribution < 1.29 is 22.6 Å². The van der Waals surface area contributed by atoms with Crippen molar-refractivity contribution in [1.82, 2.24) is 0 Å². The summed E-state index contributed by atoms with van der Waals surface area (Å²) in [4.78, 5) is 0. The predicted octanol–water partition coefficient (Wildman–Crippen LogP) is 7.15. The van der Waals surface area contributed by atoms with Crippen molar-refractivity contribution in [3.63, 3.8) is 0 Å². The number of benzene rings is 3. The fourth-order valence-electron chi connectivity index (χ4n) is 3.29. The molecule has 0 aliphatic heterocycles. The Morgan fingerprint density at radius 1 is 1.03 bits per heavy atom. The zero-order valence-electron chi connectivity index (χ0n) is 16.4. The van der Waals surface area contributed by atoms with E-state index >= 15 is 4.39 Å². The normalized spacial score (nSPS) is 11.5. The maximum absolute atomic E-state index is 15.4. The standard InChI is InChI=1S/C24H23F3O2/c1-3-5-6-7-16-8-10-17(11-9-16)22-21(29-24(26)27)15-18-14-19(28-4-2)12-13-20(18)23(22)25/h3,5,8-15,24H,4,6-7H2,1-2H3/b5-3+. The average molecular weight is 400 g/mol. The van der Waals surface area contributed by atoms with Gasteiger partial charge in [-0.25, -0.2) is 4.39 Å². The van der Waals surface area contributed by atoms with E-state index in [2.05, 4.69) is 10.8 Å². The molecule has 3 aromatic rings. The molecule has 0 amide bonds. The van der Waals surface area contributed by atoms with Gasteiger partial charge in [0.15, 0.2) is 0 Å². The molecule has 0 atom stereocenters. The molecule has 3 rings (SSSR count). The molecule has 0 saturated heterocycles. The largest absolute Gasteiger partial charge is 0.494 e. The lowest BCUT2D eigenvalue weighted by Gasteiger charge is -2.15. The number of ether oxygens (including phenoxy) is 2. The SMILES string of the molecule is C/C=C/CCc1ccc(-c2c(OC(F)F)cc3cc(OCC)ccc3c2F)cc1. The monoisotopic (exact) mass is 400 g/mol. The van der Waals surface area contributed by atoms with Crippen LogP contribution in [0.15, 0.2) is 60.7 Å². The lowest BCUT2D eigenvalue weighted by atomic mass is 9.97. The molecule has 0 radical (unpaired) electrons. The van der Waals surface area contributed by atoms with Crippen molar-refractivity contribution in [1.29, 1.82) is 0 Å². The molecule has 0 unspecified atom stereocenters. The van der Waals surface area contributed by atoms with Gasteiger partial charge >= 0.3 is 6.61 Å². The second kappa shape index (κ2) is 9.50. The lowest BCUT2D eigenvalue weighted by molar-refractivity contribution is -0.0494. The third-order valence-corrected chi connectivity index (χ3v) is 4.62. The molecule has 0 saturated carbocycles. The van der Waals surface area contributed by atoms with Crippen LogP contribution in [-0.2, 0) is 6.42 Å². The van der Waals surface area contributed by atoms with Crippen LogP contribution in [-0.4, -0.2) is 13.2 Å². The van der Waals surface area contributed by atoms with Crippen molar-refractivity contribution >= 4 is 10.8 Å². The highest BCUT2D eigenvalue weighted by molar-refractivity contribution is 5.92. The van der Waals surface area contributed by atoms with Crippen LogP contribution in [0, 0.1) is 5.82 Å². The van der Waals surface area contributed by atoms with Gasteiger partial charge in [0, 0.05) is 5.39 Å². The molecular weight excluding hydrogens is 377 g/mol. The molecule has 152 valence electrons. The molecule has 0 aliphatic rings. The Morgan fingerprint density at radius 3 is 2.45 bits per heavy atom. The number of hydrogen-bond acceptors (Lipinski definition) is 2. The molecule has 0 spiro atoms. The van der Waals surface area contributed by atoms with Gasteiger partial charge in [-0.1, -0.05) is 36.4 Å². The molecule has 0 N–H and O–H groups in total. The molecule has 0 aliphatic carbocycles. The first-order valence-corrected chi connectivity index (χ1v) is 9.57. The number of allylic oxidation sites excluding steroid dienone is 2. The molecule has 0 fully saturated rings. The predicted molar refractivity (Wildman–Crippen MR) is 110 cm³/mol. The number of alkyl halides is 2. The highest BCUT2D eigenvalue weighted by Gasteiger charge is 2.19. The van der Waals surface area contributed by atoms with Crippen molar-refractivity contribution in [2.45, 2.75) is 33.3 Å². The third-order valence-electron chi connectivity index (χ3n) is 4.62. The smallest absolute Gasteiger partial charge is 0.387 e. The van der Waals surface area contributed by atoms with Gasteiger partial charge < -0.3 is 9.47 Å². The van der Waals surface area contributed by atoms with Crippen LogP contribution in [0.2, 0.25) is 0 Å². The topological polar surface area (TPSA) is 18.5 Å². The van der Waals surface area contributed by atoms with Crippen molar-refractivity contribution in [2.75, 3.05) is 6.61 Å². The average Bonchev–Trinajstić information content (AvgIpc) is 2.69. The van der Waals surface area contributed by atoms with E-state index in [1.807, 2.05) is 32.1 Å². The summed E-state index contributed by atoms with van der Waals surface area (Å²) in [6, 6.07) is 13.5. The van der Waals surface area contributed by atoms with Crippen LogP contribution < -0.4 is 9.47 Å². The summed E-state index contributed by atoms with van der Waals surface area (Å²) in [6.45, 7) is 1.20. The van der Waals surface area contributed by atoms with E-state index < -0.39 is 12.4 Å². The van der Waals surface area contributed by atoms with Crippen LogP contribution in [0.5, 0.6) is 11.5 Å². The minimum Gasteiger partial charge on any atom is -0.494 e. The molecular formula is C24H23F3O2. The van der Waals surface area contributed by atoms with Gasteiger partial charge in [0.2, 0.25) is 0 Å². The fraction of sp³-hybridized carbons (Fsp3) is 0.250. The number of rotatable bonds is 8. The number of hydrogen-bond donors (Lipinski definition) is 0. The van der Waals surface area contributed by atoms with Crippen molar-refractivity contribution in [2.24, 2.45) is 0 Å². The first-order chi connectivity index (χ1) is 14.0. The summed E-state index contributed by atoms with van der Waals surface area (Å²) in [5.74, 6) is -0.246. The Bertz CT molecular complexity index is 995. The Kier molecular flexibility index (Phi) is 6.81. The summed E-state index contributed by atoms with van der Waals surface area (Å²) in [5, 5.41) is 0.762. The zero-order chi connectivity index (χ0) is 20.8. The molecule has 0 aromatic heterocycles. The highest BCUT2D eigenvalue weighted by atomic mass is 19.3. The van der Waals surface area contributed by atoms with E-state index in [1.165, 1.54) is 6.07 Å². The number of fused-ring (bicyclic) bond motifs is 1. The van der Waals surface area contributed by atoms with Crippen LogP contribution in [0.3, 0.4) is 0 Å². The Labute approximate surface area is 168 Å². The lowest BCUT2D eigenvalue weighted by Crippen LogP contribution is -2.05. The molecule has 2 nitrogen and oxygen atoms in total. The second-order valence-electron chi connectivity index (χ2n) is 6.56. The van der Waals surface area contributed by atoms with E-state index in [1.54, 1.807) is 30.3 Å². The van der Waals surface area contributed by atoms with Gasteiger partial charge in [0.05, 0.1) is 12.2 Å².